The SMILES string of the molecule is O=C(O)N1C=Nc2ccccc2C1.[NaH]. The zero-order valence-corrected chi connectivity index (χ0v) is 6.84. The molecular weight excluding hydrogens is 191 g/mol. The van der Waals surface area contributed by atoms with Crippen LogP contribution >= 0.6 is 0 Å². The Kier molecular flexibility index (Phi) is 3.69. The molecule has 1 aliphatic heterocycles. The molecule has 1 amide bonds. The molecule has 0 atom stereocenters. The number of rotatable bonds is 0. The van der Waals surface area contributed by atoms with Crippen LogP contribution in [0.15, 0.2) is 29.3 Å². The molecule has 5 heteroatoms. The molecule has 0 aliphatic carbocycles. The molecule has 0 fully saturated rings. The fourth-order valence-corrected chi connectivity index (χ4v) is 1.24. The third kappa shape index (κ3) is 2.15. The van der Waals surface area contributed by atoms with Crippen LogP contribution in [-0.2, 0) is 6.54 Å². The van der Waals surface area contributed by atoms with Crippen LogP contribution in [0.2, 0.25) is 0 Å². The number of fused-ring (bicyclic) bond motifs is 1. The summed E-state index contributed by atoms with van der Waals surface area (Å²) in [4.78, 5) is 15.8. The predicted molar refractivity (Wildman–Crippen MR) is 55.3 cm³/mol. The molecule has 1 heterocycles. The number of hydrogen-bond donors (Lipinski definition) is 1. The summed E-state index contributed by atoms with van der Waals surface area (Å²) in [6.07, 6.45) is 0.364. The molecule has 1 N–H and O–H groups in total. The number of para-hydroxylation sites is 1. The minimum atomic E-state index is -0.974. The van der Waals surface area contributed by atoms with Crippen LogP contribution in [0.5, 0.6) is 0 Å². The van der Waals surface area contributed by atoms with E-state index in [9.17, 15) is 4.79 Å². The van der Waals surface area contributed by atoms with E-state index in [4.69, 9.17) is 5.11 Å². The maximum absolute atomic E-state index is 10.6. The number of carbonyl (C=O) groups is 1. The Morgan fingerprint density at radius 2 is 2.14 bits per heavy atom. The number of aliphatic imine (C=N–C) groups is 1. The Morgan fingerprint density at radius 1 is 1.43 bits per heavy atom. The quantitative estimate of drug-likeness (QED) is 0.639. The molecule has 0 unspecified atom stereocenters. The molecule has 14 heavy (non-hydrogen) atoms. The van der Waals surface area contributed by atoms with Gasteiger partial charge in [-0.15, -0.1) is 0 Å². The Bertz CT molecular complexity index is 379. The molecule has 0 aromatic heterocycles. The monoisotopic (exact) mass is 200 g/mol. The Hall–Kier alpha value is -0.840. The summed E-state index contributed by atoms with van der Waals surface area (Å²) < 4.78 is 0. The van der Waals surface area contributed by atoms with Crippen LogP contribution in [0.4, 0.5) is 10.5 Å². The summed E-state index contributed by atoms with van der Waals surface area (Å²) >= 11 is 0. The van der Waals surface area contributed by atoms with E-state index in [-0.39, 0.29) is 29.6 Å². The number of hydrogen-bond acceptors (Lipinski definition) is 2. The summed E-state index contributed by atoms with van der Waals surface area (Å²) in [5.74, 6) is 0. The standard InChI is InChI=1S/C9H8N2O2.Na.H/c12-9(13)11-5-7-3-1-2-4-8(7)10-6-11;;/h1-4,6H,5H2,(H,12,13);;. The van der Waals surface area contributed by atoms with Gasteiger partial charge in [0.05, 0.1) is 12.2 Å². The van der Waals surface area contributed by atoms with E-state index < -0.39 is 6.09 Å². The van der Waals surface area contributed by atoms with Crippen molar-refractivity contribution in [2.75, 3.05) is 0 Å². The first-order valence-electron chi connectivity index (χ1n) is 3.89. The van der Waals surface area contributed by atoms with E-state index >= 15 is 0 Å². The summed E-state index contributed by atoms with van der Waals surface area (Å²) in [6, 6.07) is 7.50. The fourth-order valence-electron chi connectivity index (χ4n) is 1.24. The van der Waals surface area contributed by atoms with Crippen LogP contribution in [0.3, 0.4) is 0 Å². The summed E-state index contributed by atoms with van der Waals surface area (Å²) in [5.41, 5.74) is 1.78. The van der Waals surface area contributed by atoms with Gasteiger partial charge in [0.15, 0.2) is 0 Å². The van der Waals surface area contributed by atoms with Gasteiger partial charge < -0.3 is 5.11 Å². The van der Waals surface area contributed by atoms with Crippen LogP contribution in [-0.4, -0.2) is 52.0 Å². The van der Waals surface area contributed by atoms with Crippen LogP contribution in [0.1, 0.15) is 5.56 Å². The zero-order chi connectivity index (χ0) is 9.26. The van der Waals surface area contributed by atoms with Gasteiger partial charge in [-0.2, -0.15) is 0 Å². The predicted octanol–water partition coefficient (Wildman–Crippen LogP) is 1.19. The van der Waals surface area contributed by atoms with Gasteiger partial charge in [0.1, 0.15) is 6.34 Å². The molecule has 0 bridgehead atoms. The molecule has 1 aliphatic rings. The first kappa shape index (κ1) is 11.2. The Morgan fingerprint density at radius 3 is 2.86 bits per heavy atom. The Balaban J connectivity index is 0.000000980. The second kappa shape index (κ2) is 4.59. The van der Waals surface area contributed by atoms with Gasteiger partial charge in [-0.3, -0.25) is 4.90 Å². The Labute approximate surface area is 104 Å². The second-order valence-corrected chi connectivity index (χ2v) is 2.78. The van der Waals surface area contributed by atoms with Gasteiger partial charge >= 0.3 is 35.7 Å². The second-order valence-electron chi connectivity index (χ2n) is 2.78. The van der Waals surface area contributed by atoms with E-state index in [1.54, 1.807) is 0 Å². The molecular formula is C9H9N2NaO2. The molecule has 4 nitrogen and oxygen atoms in total. The molecule has 0 spiro atoms. The molecule has 1 aromatic rings. The maximum atomic E-state index is 10.6. The van der Waals surface area contributed by atoms with Gasteiger partial charge in [0.2, 0.25) is 0 Å². The summed E-state index contributed by atoms with van der Waals surface area (Å²) in [7, 11) is 0. The van der Waals surface area contributed by atoms with Gasteiger partial charge in [-0.25, -0.2) is 9.79 Å². The summed E-state index contributed by atoms with van der Waals surface area (Å²) in [5, 5.41) is 8.70. The van der Waals surface area contributed by atoms with E-state index in [2.05, 4.69) is 4.99 Å². The number of amides is 1. The topological polar surface area (TPSA) is 52.9 Å². The minimum absolute atomic E-state index is 0. The van der Waals surface area contributed by atoms with E-state index in [1.807, 2.05) is 24.3 Å². The van der Waals surface area contributed by atoms with Gasteiger partial charge in [-0.05, 0) is 11.6 Å². The first-order chi connectivity index (χ1) is 6.27. The molecule has 1 aromatic carbocycles. The number of benzene rings is 1. The van der Waals surface area contributed by atoms with Crippen LogP contribution < -0.4 is 0 Å². The number of nitrogens with zero attached hydrogens (tertiary/aromatic N) is 2. The molecule has 0 saturated carbocycles. The molecule has 0 radical (unpaired) electrons. The third-order valence-electron chi connectivity index (χ3n) is 1.91. The van der Waals surface area contributed by atoms with Crippen molar-refractivity contribution < 1.29 is 9.90 Å². The van der Waals surface area contributed by atoms with Crippen molar-refractivity contribution in [3.8, 4) is 0 Å². The van der Waals surface area contributed by atoms with Crippen molar-refractivity contribution in [2.24, 2.45) is 4.99 Å². The zero-order valence-electron chi connectivity index (χ0n) is 6.84. The van der Waals surface area contributed by atoms with E-state index in [0.717, 1.165) is 16.2 Å². The number of carboxylic acid groups (broad SMARTS) is 1. The van der Waals surface area contributed by atoms with Gasteiger partial charge in [-0.1, -0.05) is 18.2 Å². The van der Waals surface area contributed by atoms with Crippen molar-refractivity contribution in [3.63, 3.8) is 0 Å². The fraction of sp³-hybridized carbons (Fsp3) is 0.111. The summed E-state index contributed by atoms with van der Waals surface area (Å²) in [6.45, 7) is 0.384. The van der Waals surface area contributed by atoms with Crippen LogP contribution in [0.25, 0.3) is 0 Å². The van der Waals surface area contributed by atoms with Crippen LogP contribution in [0, 0.1) is 0 Å². The van der Waals surface area contributed by atoms with Crippen molar-refractivity contribution >= 4 is 47.7 Å². The average Bonchev–Trinajstić information content (AvgIpc) is 2.17. The molecule has 0 saturated heterocycles. The third-order valence-corrected chi connectivity index (χ3v) is 1.91. The van der Waals surface area contributed by atoms with Crippen molar-refractivity contribution in [2.45, 2.75) is 6.54 Å². The van der Waals surface area contributed by atoms with Gasteiger partial charge in [0.25, 0.3) is 0 Å². The van der Waals surface area contributed by atoms with Gasteiger partial charge in [0, 0.05) is 0 Å². The van der Waals surface area contributed by atoms with Crippen molar-refractivity contribution in [3.05, 3.63) is 29.8 Å². The van der Waals surface area contributed by atoms with Crippen molar-refractivity contribution in [1.82, 2.24) is 4.90 Å². The molecule has 2 rings (SSSR count). The van der Waals surface area contributed by atoms with E-state index in [0.29, 0.717) is 6.54 Å². The van der Waals surface area contributed by atoms with E-state index in [1.165, 1.54) is 6.34 Å². The van der Waals surface area contributed by atoms with Crippen molar-refractivity contribution in [1.29, 1.82) is 0 Å². The average molecular weight is 200 g/mol. The molecule has 68 valence electrons. The first-order valence-corrected chi connectivity index (χ1v) is 3.89. The normalized spacial score (nSPS) is 13.0.